The molecule has 0 bridgehead atoms. The molecular weight excluding hydrogens is 180 g/mol. The van der Waals surface area contributed by atoms with Gasteiger partial charge in [0, 0.05) is 19.1 Å². The Balaban J connectivity index is 3.89. The molecule has 0 rings (SSSR count). The maximum absolute atomic E-state index is 11.3. The molecule has 0 spiro atoms. The summed E-state index contributed by atoms with van der Waals surface area (Å²) in [5.41, 5.74) is 0. The van der Waals surface area contributed by atoms with Crippen molar-refractivity contribution in [2.75, 3.05) is 26.2 Å². The Labute approximate surface area is 85.6 Å². The van der Waals surface area contributed by atoms with Crippen LogP contribution in [0.15, 0.2) is 12.7 Å². The van der Waals surface area contributed by atoms with Crippen molar-refractivity contribution in [1.29, 1.82) is 0 Å². The van der Waals surface area contributed by atoms with E-state index in [4.69, 9.17) is 5.11 Å². The molecular formula is C10H20N2O2. The van der Waals surface area contributed by atoms with Gasteiger partial charge in [0.25, 0.3) is 0 Å². The lowest BCUT2D eigenvalue weighted by molar-refractivity contribution is -0.122. The molecule has 0 fully saturated rings. The quantitative estimate of drug-likeness (QED) is 0.568. The SMILES string of the molecule is C=CCNC(=O)CN(CCO)C(C)C. The van der Waals surface area contributed by atoms with Gasteiger partial charge < -0.3 is 10.4 Å². The molecule has 0 unspecified atom stereocenters. The molecule has 0 aromatic rings. The van der Waals surface area contributed by atoms with Gasteiger partial charge in [-0.2, -0.15) is 0 Å². The van der Waals surface area contributed by atoms with Gasteiger partial charge in [-0.25, -0.2) is 0 Å². The molecule has 14 heavy (non-hydrogen) atoms. The fraction of sp³-hybridized carbons (Fsp3) is 0.700. The first-order valence-electron chi connectivity index (χ1n) is 4.84. The third kappa shape index (κ3) is 5.72. The van der Waals surface area contributed by atoms with Gasteiger partial charge in [-0.15, -0.1) is 6.58 Å². The summed E-state index contributed by atoms with van der Waals surface area (Å²) in [4.78, 5) is 13.2. The molecule has 82 valence electrons. The average molecular weight is 200 g/mol. The van der Waals surface area contributed by atoms with Crippen LogP contribution >= 0.6 is 0 Å². The summed E-state index contributed by atoms with van der Waals surface area (Å²) >= 11 is 0. The molecule has 0 aromatic heterocycles. The van der Waals surface area contributed by atoms with Crippen LogP contribution < -0.4 is 5.32 Å². The number of carbonyl (C=O) groups excluding carboxylic acids is 1. The van der Waals surface area contributed by atoms with Crippen molar-refractivity contribution >= 4 is 5.91 Å². The van der Waals surface area contributed by atoms with E-state index in [0.717, 1.165) is 0 Å². The number of amides is 1. The maximum Gasteiger partial charge on any atom is 0.234 e. The summed E-state index contributed by atoms with van der Waals surface area (Å²) in [6.45, 7) is 8.93. The lowest BCUT2D eigenvalue weighted by atomic mass is 10.3. The highest BCUT2D eigenvalue weighted by Gasteiger charge is 2.12. The molecule has 4 heteroatoms. The fourth-order valence-corrected chi connectivity index (χ4v) is 1.07. The molecule has 0 saturated carbocycles. The van der Waals surface area contributed by atoms with E-state index in [1.165, 1.54) is 0 Å². The van der Waals surface area contributed by atoms with Gasteiger partial charge in [0.15, 0.2) is 0 Å². The predicted molar refractivity (Wildman–Crippen MR) is 57.0 cm³/mol. The number of carbonyl (C=O) groups is 1. The lowest BCUT2D eigenvalue weighted by Gasteiger charge is -2.24. The van der Waals surface area contributed by atoms with Crippen molar-refractivity contribution in [1.82, 2.24) is 10.2 Å². The molecule has 0 atom stereocenters. The minimum Gasteiger partial charge on any atom is -0.395 e. The van der Waals surface area contributed by atoms with E-state index < -0.39 is 0 Å². The number of nitrogens with one attached hydrogen (secondary N) is 1. The first-order valence-corrected chi connectivity index (χ1v) is 4.84. The van der Waals surface area contributed by atoms with Crippen molar-refractivity contribution in [2.45, 2.75) is 19.9 Å². The topological polar surface area (TPSA) is 52.6 Å². The zero-order chi connectivity index (χ0) is 11.0. The van der Waals surface area contributed by atoms with Crippen LogP contribution in [-0.2, 0) is 4.79 Å². The average Bonchev–Trinajstić information content (AvgIpc) is 2.14. The molecule has 0 saturated heterocycles. The zero-order valence-electron chi connectivity index (χ0n) is 8.99. The lowest BCUT2D eigenvalue weighted by Crippen LogP contribution is -2.42. The van der Waals surface area contributed by atoms with E-state index in [1.807, 2.05) is 18.7 Å². The summed E-state index contributed by atoms with van der Waals surface area (Å²) in [7, 11) is 0. The molecule has 0 radical (unpaired) electrons. The van der Waals surface area contributed by atoms with Gasteiger partial charge in [0.05, 0.1) is 13.2 Å². The molecule has 0 aliphatic rings. The highest BCUT2D eigenvalue weighted by Crippen LogP contribution is 1.96. The van der Waals surface area contributed by atoms with Crippen LogP contribution in [0.3, 0.4) is 0 Å². The predicted octanol–water partition coefficient (Wildman–Crippen LogP) is -0.00870. The van der Waals surface area contributed by atoms with Crippen molar-refractivity contribution in [3.63, 3.8) is 0 Å². The Hall–Kier alpha value is -0.870. The van der Waals surface area contributed by atoms with Gasteiger partial charge in [-0.1, -0.05) is 6.08 Å². The van der Waals surface area contributed by atoms with Gasteiger partial charge in [-0.05, 0) is 13.8 Å². The molecule has 4 nitrogen and oxygen atoms in total. The maximum atomic E-state index is 11.3. The number of nitrogens with zero attached hydrogens (tertiary/aromatic N) is 1. The number of hydrogen-bond donors (Lipinski definition) is 2. The first kappa shape index (κ1) is 13.1. The number of aliphatic hydroxyl groups excluding tert-OH is 1. The second-order valence-corrected chi connectivity index (χ2v) is 3.38. The molecule has 0 aliphatic heterocycles. The van der Waals surface area contributed by atoms with Gasteiger partial charge >= 0.3 is 0 Å². The van der Waals surface area contributed by atoms with Crippen molar-refractivity contribution in [2.24, 2.45) is 0 Å². The van der Waals surface area contributed by atoms with E-state index in [9.17, 15) is 4.79 Å². The second kappa shape index (κ2) is 7.53. The fourth-order valence-electron chi connectivity index (χ4n) is 1.07. The summed E-state index contributed by atoms with van der Waals surface area (Å²) in [5.74, 6) is -0.0351. The molecule has 0 heterocycles. The zero-order valence-corrected chi connectivity index (χ0v) is 8.99. The Kier molecular flexibility index (Phi) is 7.06. The minimum atomic E-state index is -0.0351. The van der Waals surface area contributed by atoms with Crippen LogP contribution in [0.4, 0.5) is 0 Å². The van der Waals surface area contributed by atoms with Crippen molar-refractivity contribution < 1.29 is 9.90 Å². The van der Waals surface area contributed by atoms with Gasteiger partial charge in [-0.3, -0.25) is 9.69 Å². The Bertz CT molecular complexity index is 181. The van der Waals surface area contributed by atoms with Crippen LogP contribution in [0, 0.1) is 0 Å². The molecule has 0 aromatic carbocycles. The van der Waals surface area contributed by atoms with Crippen LogP contribution in [0.2, 0.25) is 0 Å². The van der Waals surface area contributed by atoms with Crippen LogP contribution in [0.25, 0.3) is 0 Å². The summed E-state index contributed by atoms with van der Waals surface area (Å²) in [5, 5.41) is 11.5. The van der Waals surface area contributed by atoms with E-state index in [2.05, 4.69) is 11.9 Å². The summed E-state index contributed by atoms with van der Waals surface area (Å²) in [6, 6.07) is 0.261. The third-order valence-corrected chi connectivity index (χ3v) is 1.91. The number of hydrogen-bond acceptors (Lipinski definition) is 3. The smallest absolute Gasteiger partial charge is 0.234 e. The van der Waals surface area contributed by atoms with Crippen LogP contribution in [-0.4, -0.2) is 48.2 Å². The first-order chi connectivity index (χ1) is 6.61. The summed E-state index contributed by atoms with van der Waals surface area (Å²) in [6.07, 6.45) is 1.64. The standard InChI is InChI=1S/C10H20N2O2/c1-4-5-11-10(14)8-12(6-7-13)9(2)3/h4,9,13H,1,5-8H2,2-3H3,(H,11,14). The Morgan fingerprint density at radius 1 is 1.64 bits per heavy atom. The number of rotatable bonds is 7. The van der Waals surface area contributed by atoms with E-state index in [-0.39, 0.29) is 18.6 Å². The Morgan fingerprint density at radius 2 is 2.29 bits per heavy atom. The van der Waals surface area contributed by atoms with Gasteiger partial charge in [0.1, 0.15) is 0 Å². The molecule has 0 aliphatic carbocycles. The van der Waals surface area contributed by atoms with E-state index in [0.29, 0.717) is 19.6 Å². The Morgan fingerprint density at radius 3 is 2.71 bits per heavy atom. The highest BCUT2D eigenvalue weighted by molar-refractivity contribution is 5.78. The second-order valence-electron chi connectivity index (χ2n) is 3.38. The molecule has 2 N–H and O–H groups in total. The van der Waals surface area contributed by atoms with Crippen molar-refractivity contribution in [3.8, 4) is 0 Å². The van der Waals surface area contributed by atoms with E-state index in [1.54, 1.807) is 6.08 Å². The van der Waals surface area contributed by atoms with Crippen LogP contribution in [0.1, 0.15) is 13.8 Å². The van der Waals surface area contributed by atoms with Crippen LogP contribution in [0.5, 0.6) is 0 Å². The van der Waals surface area contributed by atoms with Crippen molar-refractivity contribution in [3.05, 3.63) is 12.7 Å². The molecule has 1 amide bonds. The largest absolute Gasteiger partial charge is 0.395 e. The monoisotopic (exact) mass is 200 g/mol. The van der Waals surface area contributed by atoms with Gasteiger partial charge in [0.2, 0.25) is 5.91 Å². The third-order valence-electron chi connectivity index (χ3n) is 1.91. The number of aliphatic hydroxyl groups is 1. The van der Waals surface area contributed by atoms with E-state index >= 15 is 0 Å². The summed E-state index contributed by atoms with van der Waals surface area (Å²) < 4.78 is 0. The highest BCUT2D eigenvalue weighted by atomic mass is 16.3. The minimum absolute atomic E-state index is 0.0351. The normalized spacial score (nSPS) is 10.6.